The van der Waals surface area contributed by atoms with Gasteiger partial charge in [0.15, 0.2) is 11.4 Å². The molecule has 0 radical (unpaired) electrons. The predicted octanol–water partition coefficient (Wildman–Crippen LogP) is 3.66. The topological polar surface area (TPSA) is 60.2 Å². The van der Waals surface area contributed by atoms with Crippen molar-refractivity contribution >= 4 is 11.4 Å². The standard InChI is InChI=1S/C19H14N4O/c1-13(24)15-7-9-20-18(11-15)16-12-21-23-10-8-17(22-19(16)23)14-5-3-2-4-6-14/h2-12H,1H3. The van der Waals surface area contributed by atoms with E-state index >= 15 is 0 Å². The predicted molar refractivity (Wildman–Crippen MR) is 91.7 cm³/mol. The average molecular weight is 314 g/mol. The molecule has 0 saturated carbocycles. The number of nitrogens with zero attached hydrogens (tertiary/aromatic N) is 4. The van der Waals surface area contributed by atoms with Crippen LogP contribution in [-0.2, 0) is 0 Å². The zero-order chi connectivity index (χ0) is 16.5. The molecular formula is C19H14N4O. The van der Waals surface area contributed by atoms with Crippen molar-refractivity contribution in [2.24, 2.45) is 0 Å². The molecule has 5 heteroatoms. The van der Waals surface area contributed by atoms with Gasteiger partial charge in [-0.1, -0.05) is 30.3 Å². The smallest absolute Gasteiger partial charge is 0.164 e. The Balaban J connectivity index is 1.88. The maximum atomic E-state index is 11.6. The lowest BCUT2D eigenvalue weighted by Crippen LogP contribution is -1.95. The summed E-state index contributed by atoms with van der Waals surface area (Å²) >= 11 is 0. The molecule has 0 saturated heterocycles. The summed E-state index contributed by atoms with van der Waals surface area (Å²) in [5, 5.41) is 4.33. The van der Waals surface area contributed by atoms with Gasteiger partial charge in [-0.15, -0.1) is 0 Å². The summed E-state index contributed by atoms with van der Waals surface area (Å²) < 4.78 is 1.71. The molecule has 24 heavy (non-hydrogen) atoms. The van der Waals surface area contributed by atoms with Crippen LogP contribution in [-0.4, -0.2) is 25.4 Å². The van der Waals surface area contributed by atoms with Gasteiger partial charge in [-0.05, 0) is 25.1 Å². The highest BCUT2D eigenvalue weighted by Gasteiger charge is 2.12. The van der Waals surface area contributed by atoms with E-state index in [-0.39, 0.29) is 5.78 Å². The number of hydrogen-bond donors (Lipinski definition) is 0. The first-order valence-corrected chi connectivity index (χ1v) is 7.59. The van der Waals surface area contributed by atoms with Crippen LogP contribution in [0.5, 0.6) is 0 Å². The van der Waals surface area contributed by atoms with E-state index in [0.717, 1.165) is 16.8 Å². The van der Waals surface area contributed by atoms with Crippen LogP contribution in [0.1, 0.15) is 17.3 Å². The third kappa shape index (κ3) is 2.46. The van der Waals surface area contributed by atoms with E-state index in [0.29, 0.717) is 16.9 Å². The number of ketones is 1. The fourth-order valence-electron chi connectivity index (χ4n) is 2.62. The Hall–Kier alpha value is -3.34. The number of pyridine rings is 1. The Morgan fingerprint density at radius 3 is 2.67 bits per heavy atom. The van der Waals surface area contributed by atoms with Crippen molar-refractivity contribution in [2.75, 3.05) is 0 Å². The molecule has 0 unspecified atom stereocenters. The Morgan fingerprint density at radius 2 is 1.88 bits per heavy atom. The SMILES string of the molecule is CC(=O)c1ccnc(-c2cnn3ccc(-c4ccccc4)nc23)c1. The van der Waals surface area contributed by atoms with E-state index in [4.69, 9.17) is 4.98 Å². The fourth-order valence-corrected chi connectivity index (χ4v) is 2.62. The van der Waals surface area contributed by atoms with Crippen molar-refractivity contribution in [3.63, 3.8) is 0 Å². The summed E-state index contributed by atoms with van der Waals surface area (Å²) in [4.78, 5) is 20.7. The van der Waals surface area contributed by atoms with Crippen LogP contribution in [0.3, 0.4) is 0 Å². The number of benzene rings is 1. The molecule has 0 amide bonds. The van der Waals surface area contributed by atoms with Crippen LogP contribution in [0, 0.1) is 0 Å². The maximum absolute atomic E-state index is 11.6. The summed E-state index contributed by atoms with van der Waals surface area (Å²) in [6.45, 7) is 1.54. The Labute approximate surface area is 138 Å². The highest BCUT2D eigenvalue weighted by molar-refractivity contribution is 5.95. The van der Waals surface area contributed by atoms with Crippen molar-refractivity contribution in [3.05, 3.63) is 72.7 Å². The van der Waals surface area contributed by atoms with Crippen LogP contribution in [0.15, 0.2) is 67.1 Å². The van der Waals surface area contributed by atoms with Crippen molar-refractivity contribution in [1.29, 1.82) is 0 Å². The van der Waals surface area contributed by atoms with E-state index in [1.807, 2.05) is 42.6 Å². The molecule has 5 nitrogen and oxygen atoms in total. The number of carbonyl (C=O) groups is 1. The molecule has 1 aromatic carbocycles. The molecule has 3 heterocycles. The Bertz CT molecular complexity index is 1040. The van der Waals surface area contributed by atoms with Gasteiger partial charge < -0.3 is 0 Å². The normalized spacial score (nSPS) is 10.9. The highest BCUT2D eigenvalue weighted by Crippen LogP contribution is 2.24. The first-order valence-electron chi connectivity index (χ1n) is 7.59. The van der Waals surface area contributed by atoms with Crippen molar-refractivity contribution in [3.8, 4) is 22.5 Å². The summed E-state index contributed by atoms with van der Waals surface area (Å²) in [5.41, 5.74) is 4.74. The molecule has 4 rings (SSSR count). The second-order valence-electron chi connectivity index (χ2n) is 5.49. The van der Waals surface area contributed by atoms with Gasteiger partial charge in [-0.3, -0.25) is 9.78 Å². The van der Waals surface area contributed by atoms with Gasteiger partial charge in [0.05, 0.1) is 23.1 Å². The quantitative estimate of drug-likeness (QED) is 0.541. The van der Waals surface area contributed by atoms with E-state index in [1.54, 1.807) is 36.0 Å². The number of rotatable bonds is 3. The Morgan fingerprint density at radius 1 is 1.04 bits per heavy atom. The molecule has 0 N–H and O–H groups in total. The lowest BCUT2D eigenvalue weighted by Gasteiger charge is -2.03. The zero-order valence-electron chi connectivity index (χ0n) is 13.0. The van der Waals surface area contributed by atoms with Gasteiger partial charge in [0.2, 0.25) is 0 Å². The Kier molecular flexibility index (Phi) is 3.39. The third-order valence-electron chi connectivity index (χ3n) is 3.88. The summed E-state index contributed by atoms with van der Waals surface area (Å²) in [5.74, 6) is 0.00746. The first-order chi connectivity index (χ1) is 11.7. The number of fused-ring (bicyclic) bond motifs is 1. The molecule has 0 atom stereocenters. The lowest BCUT2D eigenvalue weighted by atomic mass is 10.1. The summed E-state index contributed by atoms with van der Waals surface area (Å²) in [7, 11) is 0. The molecule has 0 spiro atoms. The van der Waals surface area contributed by atoms with Gasteiger partial charge in [-0.25, -0.2) is 9.50 Å². The molecule has 0 aliphatic rings. The van der Waals surface area contributed by atoms with Gasteiger partial charge in [0, 0.05) is 23.5 Å². The summed E-state index contributed by atoms with van der Waals surface area (Å²) in [6, 6.07) is 15.4. The number of Topliss-reactive ketones (excluding diaryl/α,β-unsaturated/α-hetero) is 1. The molecule has 0 aliphatic carbocycles. The van der Waals surface area contributed by atoms with Crippen LogP contribution < -0.4 is 0 Å². The maximum Gasteiger partial charge on any atom is 0.164 e. The second-order valence-corrected chi connectivity index (χ2v) is 5.49. The van der Waals surface area contributed by atoms with Crippen molar-refractivity contribution in [1.82, 2.24) is 19.6 Å². The highest BCUT2D eigenvalue weighted by atomic mass is 16.1. The fraction of sp³-hybridized carbons (Fsp3) is 0.0526. The molecule has 0 fully saturated rings. The average Bonchev–Trinajstić information content (AvgIpc) is 3.05. The van der Waals surface area contributed by atoms with Crippen LogP contribution in [0.25, 0.3) is 28.2 Å². The molecule has 4 aromatic rings. The monoisotopic (exact) mass is 314 g/mol. The van der Waals surface area contributed by atoms with Crippen LogP contribution in [0.2, 0.25) is 0 Å². The van der Waals surface area contributed by atoms with Gasteiger partial charge in [0.25, 0.3) is 0 Å². The molecule has 0 bridgehead atoms. The molecular weight excluding hydrogens is 300 g/mol. The van der Waals surface area contributed by atoms with E-state index in [1.165, 1.54) is 0 Å². The third-order valence-corrected chi connectivity index (χ3v) is 3.88. The van der Waals surface area contributed by atoms with Gasteiger partial charge in [0.1, 0.15) is 0 Å². The van der Waals surface area contributed by atoms with E-state index in [2.05, 4.69) is 10.1 Å². The number of aromatic nitrogens is 4. The number of carbonyl (C=O) groups excluding carboxylic acids is 1. The van der Waals surface area contributed by atoms with Crippen LogP contribution >= 0.6 is 0 Å². The molecule has 116 valence electrons. The van der Waals surface area contributed by atoms with Crippen molar-refractivity contribution < 1.29 is 4.79 Å². The minimum atomic E-state index is 0.00746. The van der Waals surface area contributed by atoms with Crippen molar-refractivity contribution in [2.45, 2.75) is 6.92 Å². The molecule has 0 aliphatic heterocycles. The van der Waals surface area contributed by atoms with Gasteiger partial charge >= 0.3 is 0 Å². The molecule has 3 aromatic heterocycles. The zero-order valence-corrected chi connectivity index (χ0v) is 13.0. The lowest BCUT2D eigenvalue weighted by molar-refractivity contribution is 0.101. The minimum absolute atomic E-state index is 0.00746. The summed E-state index contributed by atoms with van der Waals surface area (Å²) in [6.07, 6.45) is 5.24. The largest absolute Gasteiger partial charge is 0.295 e. The van der Waals surface area contributed by atoms with Crippen LogP contribution in [0.4, 0.5) is 0 Å². The number of hydrogen-bond acceptors (Lipinski definition) is 4. The van der Waals surface area contributed by atoms with E-state index < -0.39 is 0 Å². The van der Waals surface area contributed by atoms with E-state index in [9.17, 15) is 4.79 Å². The van der Waals surface area contributed by atoms with Gasteiger partial charge in [-0.2, -0.15) is 5.10 Å². The minimum Gasteiger partial charge on any atom is -0.295 e. The first kappa shape index (κ1) is 14.3. The second kappa shape index (κ2) is 5.70.